The number of rotatable bonds is 5. The summed E-state index contributed by atoms with van der Waals surface area (Å²) in [5.74, 6) is 0.853. The monoisotopic (exact) mass is 398 g/mol. The van der Waals surface area contributed by atoms with Crippen LogP contribution >= 0.6 is 0 Å². The van der Waals surface area contributed by atoms with E-state index < -0.39 is 0 Å². The number of carbonyl (C=O) groups excluding carboxylic acids is 1. The zero-order chi connectivity index (χ0) is 20.3. The number of nitrogens with one attached hydrogen (secondary N) is 1. The number of aromatic amines is 1. The fourth-order valence-corrected chi connectivity index (χ4v) is 4.47. The highest BCUT2D eigenvalue weighted by Gasteiger charge is 2.23. The van der Waals surface area contributed by atoms with Crippen LogP contribution in [0.25, 0.3) is 22.2 Å². The molecule has 0 bridgehead atoms. The largest absolute Gasteiger partial charge is 0.347 e. The van der Waals surface area contributed by atoms with Gasteiger partial charge in [0.1, 0.15) is 0 Å². The van der Waals surface area contributed by atoms with Gasteiger partial charge in [-0.1, -0.05) is 36.4 Å². The molecule has 152 valence electrons. The van der Waals surface area contributed by atoms with Crippen LogP contribution in [0, 0.1) is 5.92 Å². The van der Waals surface area contributed by atoms with Crippen molar-refractivity contribution in [1.29, 1.82) is 0 Å². The normalized spacial score (nSPS) is 15.0. The van der Waals surface area contributed by atoms with E-state index in [-0.39, 0.29) is 5.91 Å². The Balaban J connectivity index is 1.20. The van der Waals surface area contributed by atoms with Gasteiger partial charge < -0.3 is 9.47 Å². The third-order valence-electron chi connectivity index (χ3n) is 6.20. The smallest absolute Gasteiger partial charge is 0.226 e. The lowest BCUT2D eigenvalue weighted by Crippen LogP contribution is -2.40. The highest BCUT2D eigenvalue weighted by Crippen LogP contribution is 2.26. The molecule has 0 saturated carbocycles. The molecule has 1 aliphatic heterocycles. The minimum absolute atomic E-state index is 0.248. The van der Waals surface area contributed by atoms with Gasteiger partial charge in [-0.2, -0.15) is 5.10 Å². The number of H-pyrrole nitrogens is 1. The lowest BCUT2D eigenvalue weighted by Gasteiger charge is -2.32. The van der Waals surface area contributed by atoms with E-state index in [9.17, 15) is 4.79 Å². The number of fused-ring (bicyclic) bond motifs is 1. The summed E-state index contributed by atoms with van der Waals surface area (Å²) in [6.07, 6.45) is 6.60. The SMILES string of the molecule is O=C(Cc1ccccc1)N1CCC(Cn2ccc3cc(-c4ccn[nH]4)ccc32)CC1. The third kappa shape index (κ3) is 3.88. The molecule has 0 radical (unpaired) electrons. The van der Waals surface area contributed by atoms with E-state index in [1.54, 1.807) is 6.20 Å². The molecule has 4 aromatic rings. The molecular formula is C25H26N4O. The summed E-state index contributed by atoms with van der Waals surface area (Å²) in [4.78, 5) is 14.6. The third-order valence-corrected chi connectivity index (χ3v) is 6.20. The van der Waals surface area contributed by atoms with E-state index >= 15 is 0 Å². The summed E-state index contributed by atoms with van der Waals surface area (Å²) in [6, 6.07) is 20.8. The van der Waals surface area contributed by atoms with Crippen LogP contribution in [0.2, 0.25) is 0 Å². The first-order valence-electron chi connectivity index (χ1n) is 10.7. The average Bonchev–Trinajstić information content (AvgIpc) is 3.45. The summed E-state index contributed by atoms with van der Waals surface area (Å²) >= 11 is 0. The molecule has 0 aliphatic carbocycles. The van der Waals surface area contributed by atoms with Gasteiger partial charge >= 0.3 is 0 Å². The molecule has 0 atom stereocenters. The first-order chi connectivity index (χ1) is 14.8. The fraction of sp³-hybridized carbons (Fsp3) is 0.280. The van der Waals surface area contributed by atoms with Crippen LogP contribution in [-0.4, -0.2) is 38.7 Å². The standard InChI is InChI=1S/C25H26N4O/c30-25(16-19-4-2-1-3-5-19)28-13-9-20(10-14-28)18-29-15-11-22-17-21(6-7-24(22)29)23-8-12-26-27-23/h1-8,11-12,15,17,20H,9-10,13-14,16,18H2,(H,26,27). The maximum atomic E-state index is 12.6. The number of benzene rings is 2. The summed E-state index contributed by atoms with van der Waals surface area (Å²) in [6.45, 7) is 2.73. The summed E-state index contributed by atoms with van der Waals surface area (Å²) in [7, 11) is 0. The van der Waals surface area contributed by atoms with Crippen LogP contribution < -0.4 is 0 Å². The Morgan fingerprint density at radius 1 is 1.03 bits per heavy atom. The number of hydrogen-bond donors (Lipinski definition) is 1. The van der Waals surface area contributed by atoms with E-state index in [1.807, 2.05) is 41.3 Å². The van der Waals surface area contributed by atoms with Crippen molar-refractivity contribution in [2.45, 2.75) is 25.8 Å². The van der Waals surface area contributed by atoms with Gasteiger partial charge in [-0.15, -0.1) is 0 Å². The molecular weight excluding hydrogens is 372 g/mol. The van der Waals surface area contributed by atoms with Crippen molar-refractivity contribution in [2.24, 2.45) is 5.92 Å². The van der Waals surface area contributed by atoms with Gasteiger partial charge in [-0.3, -0.25) is 9.89 Å². The van der Waals surface area contributed by atoms with Crippen molar-refractivity contribution < 1.29 is 4.79 Å². The zero-order valence-corrected chi connectivity index (χ0v) is 17.0. The molecule has 2 aromatic carbocycles. The Kier molecular flexibility index (Phi) is 5.10. The van der Waals surface area contributed by atoms with Gasteiger partial charge in [0, 0.05) is 48.5 Å². The molecule has 5 nitrogen and oxygen atoms in total. The number of carbonyl (C=O) groups is 1. The highest BCUT2D eigenvalue weighted by atomic mass is 16.2. The van der Waals surface area contributed by atoms with E-state index in [4.69, 9.17) is 0 Å². The predicted octanol–water partition coefficient (Wildman–Crippen LogP) is 4.51. The minimum Gasteiger partial charge on any atom is -0.347 e. The molecule has 2 aromatic heterocycles. The summed E-state index contributed by atoms with van der Waals surface area (Å²) < 4.78 is 2.36. The first kappa shape index (κ1) is 18.7. The van der Waals surface area contributed by atoms with Gasteiger partial charge in [-0.25, -0.2) is 0 Å². The number of piperidine rings is 1. The van der Waals surface area contributed by atoms with Crippen molar-refractivity contribution in [3.05, 3.63) is 78.6 Å². The van der Waals surface area contributed by atoms with Gasteiger partial charge in [0.2, 0.25) is 5.91 Å². The van der Waals surface area contributed by atoms with Gasteiger partial charge in [0.25, 0.3) is 0 Å². The van der Waals surface area contributed by atoms with Gasteiger partial charge in [-0.05, 0) is 48.6 Å². The lowest BCUT2D eigenvalue weighted by molar-refractivity contribution is -0.131. The van der Waals surface area contributed by atoms with E-state index in [0.29, 0.717) is 12.3 Å². The Bertz CT molecular complexity index is 1120. The van der Waals surface area contributed by atoms with Gasteiger partial charge in [0.05, 0.1) is 12.1 Å². The van der Waals surface area contributed by atoms with Crippen molar-refractivity contribution in [1.82, 2.24) is 19.7 Å². The van der Waals surface area contributed by atoms with Crippen molar-refractivity contribution in [2.75, 3.05) is 13.1 Å². The number of nitrogens with zero attached hydrogens (tertiary/aromatic N) is 3. The van der Waals surface area contributed by atoms with Crippen molar-refractivity contribution in [3.8, 4) is 11.3 Å². The topological polar surface area (TPSA) is 53.9 Å². The van der Waals surface area contributed by atoms with Crippen LogP contribution in [-0.2, 0) is 17.8 Å². The second-order valence-corrected chi connectivity index (χ2v) is 8.20. The first-order valence-corrected chi connectivity index (χ1v) is 10.7. The lowest BCUT2D eigenvalue weighted by atomic mass is 9.96. The zero-order valence-electron chi connectivity index (χ0n) is 17.0. The Hall–Kier alpha value is -3.34. The average molecular weight is 399 g/mol. The van der Waals surface area contributed by atoms with Crippen LogP contribution in [0.4, 0.5) is 0 Å². The van der Waals surface area contributed by atoms with Crippen LogP contribution in [0.15, 0.2) is 73.1 Å². The molecule has 0 spiro atoms. The Morgan fingerprint density at radius 2 is 1.87 bits per heavy atom. The number of likely N-dealkylation sites (tertiary alicyclic amines) is 1. The van der Waals surface area contributed by atoms with Crippen molar-refractivity contribution >= 4 is 16.8 Å². The summed E-state index contributed by atoms with van der Waals surface area (Å²) in [5, 5.41) is 8.32. The molecule has 3 heterocycles. The number of amides is 1. The molecule has 1 fully saturated rings. The molecule has 30 heavy (non-hydrogen) atoms. The highest BCUT2D eigenvalue weighted by molar-refractivity contribution is 5.85. The molecule has 5 rings (SSSR count). The molecule has 5 heteroatoms. The minimum atomic E-state index is 0.248. The van der Waals surface area contributed by atoms with Gasteiger partial charge in [0.15, 0.2) is 0 Å². The van der Waals surface area contributed by atoms with Crippen molar-refractivity contribution in [3.63, 3.8) is 0 Å². The van der Waals surface area contributed by atoms with Crippen LogP contribution in [0.3, 0.4) is 0 Å². The Labute approximate surface area is 176 Å². The van der Waals surface area contributed by atoms with E-state index in [0.717, 1.165) is 49.3 Å². The van der Waals surface area contributed by atoms with E-state index in [1.165, 1.54) is 10.9 Å². The number of aromatic nitrogens is 3. The quantitative estimate of drug-likeness (QED) is 0.538. The second kappa shape index (κ2) is 8.19. The molecule has 1 aliphatic rings. The van der Waals surface area contributed by atoms with Crippen LogP contribution in [0.5, 0.6) is 0 Å². The van der Waals surface area contributed by atoms with Crippen LogP contribution in [0.1, 0.15) is 18.4 Å². The molecule has 0 unspecified atom stereocenters. The Morgan fingerprint density at radius 3 is 2.63 bits per heavy atom. The maximum Gasteiger partial charge on any atom is 0.226 e. The summed E-state index contributed by atoms with van der Waals surface area (Å²) in [5.41, 5.74) is 4.55. The second-order valence-electron chi connectivity index (χ2n) is 8.20. The fourth-order valence-electron chi connectivity index (χ4n) is 4.47. The number of hydrogen-bond acceptors (Lipinski definition) is 2. The molecule has 1 N–H and O–H groups in total. The van der Waals surface area contributed by atoms with E-state index in [2.05, 4.69) is 45.2 Å². The molecule has 1 amide bonds. The predicted molar refractivity (Wildman–Crippen MR) is 119 cm³/mol. The maximum absolute atomic E-state index is 12.6. The molecule has 1 saturated heterocycles.